The van der Waals surface area contributed by atoms with Crippen LogP contribution in [0.5, 0.6) is 0 Å². The topological polar surface area (TPSA) is 63.1 Å². The highest BCUT2D eigenvalue weighted by molar-refractivity contribution is 6.39. The van der Waals surface area contributed by atoms with E-state index in [9.17, 15) is 9.59 Å². The molecule has 0 unspecified atom stereocenters. The van der Waals surface area contributed by atoms with Gasteiger partial charge in [0.15, 0.2) is 0 Å². The summed E-state index contributed by atoms with van der Waals surface area (Å²) in [7, 11) is 1.74. The van der Waals surface area contributed by atoms with Crippen LogP contribution in [0.1, 0.15) is 20.8 Å². The molecule has 122 valence electrons. The largest absolute Gasteiger partial charge is 0.338 e. The molecule has 0 spiro atoms. The van der Waals surface area contributed by atoms with Crippen LogP contribution >= 0.6 is 23.2 Å². The lowest BCUT2D eigenvalue weighted by Gasteiger charge is -2.09. The second kappa shape index (κ2) is 6.55. The third-order valence-corrected chi connectivity index (χ3v) is 4.38. The maximum atomic E-state index is 12.4. The number of aromatic nitrogens is 1. The molecule has 2 aromatic carbocycles. The third-order valence-electron chi connectivity index (χ3n) is 3.67. The molecule has 3 rings (SSSR count). The molecule has 0 saturated carbocycles. The van der Waals surface area contributed by atoms with Gasteiger partial charge in [-0.2, -0.15) is 0 Å². The van der Waals surface area contributed by atoms with Gasteiger partial charge in [0.1, 0.15) is 5.69 Å². The molecule has 0 aliphatic carbocycles. The van der Waals surface area contributed by atoms with Crippen molar-refractivity contribution in [3.63, 3.8) is 0 Å². The van der Waals surface area contributed by atoms with Gasteiger partial charge in [-0.05, 0) is 18.2 Å². The van der Waals surface area contributed by atoms with E-state index in [2.05, 4.69) is 10.9 Å². The van der Waals surface area contributed by atoms with Crippen LogP contribution in [0.2, 0.25) is 10.0 Å². The lowest BCUT2D eigenvalue weighted by molar-refractivity contribution is 0.0842. The van der Waals surface area contributed by atoms with Gasteiger partial charge in [-0.25, -0.2) is 0 Å². The highest BCUT2D eigenvalue weighted by Gasteiger charge is 2.20. The van der Waals surface area contributed by atoms with Crippen molar-refractivity contribution in [2.45, 2.75) is 0 Å². The van der Waals surface area contributed by atoms with E-state index in [4.69, 9.17) is 23.2 Å². The molecule has 0 aliphatic rings. The third kappa shape index (κ3) is 2.84. The fourth-order valence-corrected chi connectivity index (χ4v) is 3.08. The Kier molecular flexibility index (Phi) is 4.46. The van der Waals surface area contributed by atoms with Crippen molar-refractivity contribution in [1.82, 2.24) is 15.4 Å². The maximum absolute atomic E-state index is 12.4. The Morgan fingerprint density at radius 2 is 1.54 bits per heavy atom. The Balaban J connectivity index is 1.81. The number of nitrogens with one attached hydrogen (secondary N) is 2. The minimum atomic E-state index is -0.515. The van der Waals surface area contributed by atoms with Crippen molar-refractivity contribution in [1.29, 1.82) is 0 Å². The van der Waals surface area contributed by atoms with E-state index in [1.54, 1.807) is 35.9 Å². The van der Waals surface area contributed by atoms with Crippen LogP contribution in [0.3, 0.4) is 0 Å². The summed E-state index contributed by atoms with van der Waals surface area (Å²) in [5, 5.41) is 1.40. The van der Waals surface area contributed by atoms with Crippen molar-refractivity contribution in [2.24, 2.45) is 7.05 Å². The first-order valence-corrected chi connectivity index (χ1v) is 7.84. The molecule has 5 nitrogen and oxygen atoms in total. The summed E-state index contributed by atoms with van der Waals surface area (Å²) in [6.07, 6.45) is 0. The Bertz CT molecular complexity index is 911. The van der Waals surface area contributed by atoms with Crippen molar-refractivity contribution in [2.75, 3.05) is 0 Å². The van der Waals surface area contributed by atoms with Crippen molar-refractivity contribution in [3.8, 4) is 0 Å². The average molecular weight is 362 g/mol. The van der Waals surface area contributed by atoms with Gasteiger partial charge in [0.2, 0.25) is 0 Å². The molecule has 0 atom stereocenters. The highest BCUT2D eigenvalue weighted by atomic mass is 35.5. The van der Waals surface area contributed by atoms with E-state index in [1.807, 2.05) is 24.3 Å². The van der Waals surface area contributed by atoms with Gasteiger partial charge >= 0.3 is 0 Å². The molecular weight excluding hydrogens is 349 g/mol. The molecule has 0 radical (unpaired) electrons. The summed E-state index contributed by atoms with van der Waals surface area (Å²) in [5.74, 6) is -1.03. The number of fused-ring (bicyclic) bond motifs is 1. The van der Waals surface area contributed by atoms with E-state index in [1.165, 1.54) is 0 Å². The number of halogens is 2. The summed E-state index contributed by atoms with van der Waals surface area (Å²) < 4.78 is 1.68. The summed E-state index contributed by atoms with van der Waals surface area (Å²) in [5.41, 5.74) is 6.06. The van der Waals surface area contributed by atoms with E-state index < -0.39 is 11.8 Å². The van der Waals surface area contributed by atoms with Crippen molar-refractivity contribution in [3.05, 3.63) is 69.8 Å². The first kappa shape index (κ1) is 16.4. The van der Waals surface area contributed by atoms with Gasteiger partial charge in [0, 0.05) is 18.0 Å². The zero-order chi connectivity index (χ0) is 17.3. The van der Waals surface area contributed by atoms with Crippen LogP contribution in [0.25, 0.3) is 10.9 Å². The monoisotopic (exact) mass is 361 g/mol. The molecule has 24 heavy (non-hydrogen) atoms. The molecule has 1 heterocycles. The number of nitrogens with zero attached hydrogens (tertiary/aromatic N) is 1. The molecule has 2 N–H and O–H groups in total. The second-order valence-corrected chi connectivity index (χ2v) is 5.91. The van der Waals surface area contributed by atoms with Crippen LogP contribution in [0.15, 0.2) is 48.5 Å². The average Bonchev–Trinajstić information content (AvgIpc) is 2.84. The van der Waals surface area contributed by atoms with Gasteiger partial charge in [0.25, 0.3) is 11.8 Å². The van der Waals surface area contributed by atoms with E-state index >= 15 is 0 Å². The molecule has 0 fully saturated rings. The lowest BCUT2D eigenvalue weighted by Crippen LogP contribution is -2.42. The van der Waals surface area contributed by atoms with Crippen LogP contribution in [-0.2, 0) is 7.05 Å². The van der Waals surface area contributed by atoms with E-state index in [-0.39, 0.29) is 11.3 Å². The van der Waals surface area contributed by atoms with Gasteiger partial charge in [0.05, 0.1) is 15.6 Å². The van der Waals surface area contributed by atoms with E-state index in [0.717, 1.165) is 10.9 Å². The van der Waals surface area contributed by atoms with E-state index in [0.29, 0.717) is 10.0 Å². The molecule has 1 aromatic heterocycles. The number of rotatable bonds is 2. The SMILES string of the molecule is Cn1c(C(=O)NNC(=O)c2ccccc2Cl)c(Cl)c2ccccc21. The van der Waals surface area contributed by atoms with Gasteiger partial charge in [-0.3, -0.25) is 20.4 Å². The Labute approximate surface area is 148 Å². The quantitative estimate of drug-likeness (QED) is 0.685. The van der Waals surface area contributed by atoms with Gasteiger partial charge < -0.3 is 4.57 Å². The maximum Gasteiger partial charge on any atom is 0.287 e. The number of hydrogen-bond acceptors (Lipinski definition) is 2. The van der Waals surface area contributed by atoms with Crippen LogP contribution in [0.4, 0.5) is 0 Å². The standard InChI is InChI=1S/C17H13Cl2N3O2/c1-22-13-9-5-3-7-11(13)14(19)15(22)17(24)21-20-16(23)10-6-2-4-8-12(10)18/h2-9H,1H3,(H,20,23)(H,21,24). The van der Waals surface area contributed by atoms with Crippen molar-refractivity contribution < 1.29 is 9.59 Å². The number of para-hydroxylation sites is 1. The molecule has 3 aromatic rings. The second-order valence-electron chi connectivity index (χ2n) is 5.13. The number of benzene rings is 2. The first-order valence-electron chi connectivity index (χ1n) is 7.09. The van der Waals surface area contributed by atoms with Crippen LogP contribution in [-0.4, -0.2) is 16.4 Å². The van der Waals surface area contributed by atoms with Gasteiger partial charge in [-0.15, -0.1) is 0 Å². The highest BCUT2D eigenvalue weighted by Crippen LogP contribution is 2.29. The lowest BCUT2D eigenvalue weighted by atomic mass is 10.2. The number of carbonyl (C=O) groups excluding carboxylic acids is 2. The number of hydrogen-bond donors (Lipinski definition) is 2. The predicted octanol–water partition coefficient (Wildman–Crippen LogP) is 3.56. The summed E-state index contributed by atoms with van der Waals surface area (Å²) in [4.78, 5) is 24.5. The zero-order valence-electron chi connectivity index (χ0n) is 12.6. The predicted molar refractivity (Wildman–Crippen MR) is 94.3 cm³/mol. The fourth-order valence-electron chi connectivity index (χ4n) is 2.48. The summed E-state index contributed by atoms with van der Waals surface area (Å²) in [6.45, 7) is 0. The fraction of sp³-hybridized carbons (Fsp3) is 0.0588. The van der Waals surface area contributed by atoms with Gasteiger partial charge in [-0.1, -0.05) is 53.5 Å². The normalized spacial score (nSPS) is 10.6. The minimum absolute atomic E-state index is 0.261. The number of hydrazine groups is 1. The van der Waals surface area contributed by atoms with Crippen LogP contribution < -0.4 is 10.9 Å². The minimum Gasteiger partial charge on any atom is -0.338 e. The summed E-state index contributed by atoms with van der Waals surface area (Å²) >= 11 is 12.3. The number of amides is 2. The molecule has 0 aliphatic heterocycles. The molecule has 0 bridgehead atoms. The smallest absolute Gasteiger partial charge is 0.287 e. The Hall–Kier alpha value is -2.50. The number of carbonyl (C=O) groups is 2. The number of aryl methyl sites for hydroxylation is 1. The molecular formula is C17H13Cl2N3O2. The molecule has 0 saturated heterocycles. The Morgan fingerprint density at radius 1 is 0.917 bits per heavy atom. The molecule has 2 amide bonds. The van der Waals surface area contributed by atoms with Crippen molar-refractivity contribution >= 4 is 45.9 Å². The molecule has 7 heteroatoms. The van der Waals surface area contributed by atoms with Crippen LogP contribution in [0, 0.1) is 0 Å². The Morgan fingerprint density at radius 3 is 2.25 bits per heavy atom. The zero-order valence-corrected chi connectivity index (χ0v) is 14.2. The first-order chi connectivity index (χ1) is 11.5. The summed E-state index contributed by atoms with van der Waals surface area (Å²) in [6, 6.07) is 14.0.